The minimum absolute atomic E-state index is 0.0422. The molecule has 1 aliphatic heterocycles. The molecule has 0 saturated carbocycles. The van der Waals surface area contributed by atoms with Crippen LogP contribution in [0.15, 0.2) is 65.0 Å². The normalized spacial score (nSPS) is 13.8. The number of amides is 3. The number of nitrogens with one attached hydrogen (secondary N) is 2. The number of ether oxygens (including phenoxy) is 1. The van der Waals surface area contributed by atoms with Gasteiger partial charge in [0.1, 0.15) is 12.3 Å². The van der Waals surface area contributed by atoms with E-state index in [0.717, 1.165) is 5.69 Å². The summed E-state index contributed by atoms with van der Waals surface area (Å²) in [7, 11) is -2.20. The molecule has 4 rings (SSSR count). The lowest BCUT2D eigenvalue weighted by molar-refractivity contribution is -0.116. The summed E-state index contributed by atoms with van der Waals surface area (Å²) >= 11 is 1.17. The topological polar surface area (TPSA) is 121 Å². The van der Waals surface area contributed by atoms with Gasteiger partial charge in [-0.25, -0.2) is 18.2 Å². The maximum Gasteiger partial charge on any atom is 0.325 e. The first-order chi connectivity index (χ1) is 15.9. The van der Waals surface area contributed by atoms with Crippen molar-refractivity contribution in [2.24, 2.45) is 0 Å². The van der Waals surface area contributed by atoms with Gasteiger partial charge in [-0.3, -0.25) is 14.4 Å². The third-order valence-electron chi connectivity index (χ3n) is 4.92. The number of anilines is 3. The van der Waals surface area contributed by atoms with Crippen LogP contribution in [0.1, 0.15) is 0 Å². The fourth-order valence-electron chi connectivity index (χ4n) is 3.27. The van der Waals surface area contributed by atoms with Crippen LogP contribution in [-0.2, 0) is 14.8 Å². The van der Waals surface area contributed by atoms with Crippen molar-refractivity contribution in [3.8, 4) is 5.75 Å². The van der Waals surface area contributed by atoms with Gasteiger partial charge in [0.05, 0.1) is 12.0 Å². The number of nitrogens with zero attached hydrogens (tertiary/aromatic N) is 3. The molecule has 1 aliphatic rings. The van der Waals surface area contributed by atoms with Crippen molar-refractivity contribution in [1.29, 1.82) is 0 Å². The Kier molecular flexibility index (Phi) is 6.47. The monoisotopic (exact) mass is 487 g/mol. The van der Waals surface area contributed by atoms with Gasteiger partial charge in [0, 0.05) is 36.0 Å². The largest absolute Gasteiger partial charge is 0.497 e. The number of carbonyl (C=O) groups is 2. The molecule has 0 bridgehead atoms. The van der Waals surface area contributed by atoms with Gasteiger partial charge in [-0.1, -0.05) is 0 Å². The Labute approximate surface area is 194 Å². The molecule has 1 saturated heterocycles. The number of hydrogen-bond donors (Lipinski definition) is 2. The van der Waals surface area contributed by atoms with Crippen LogP contribution < -0.4 is 19.7 Å². The van der Waals surface area contributed by atoms with Crippen LogP contribution in [0.2, 0.25) is 0 Å². The lowest BCUT2D eigenvalue weighted by Crippen LogP contribution is -2.37. The van der Waals surface area contributed by atoms with Crippen LogP contribution in [0, 0.1) is 0 Å². The van der Waals surface area contributed by atoms with Crippen molar-refractivity contribution < 1.29 is 22.7 Å². The lowest BCUT2D eigenvalue weighted by Gasteiger charge is -2.18. The van der Waals surface area contributed by atoms with Crippen LogP contribution in [0.5, 0.6) is 5.75 Å². The summed E-state index contributed by atoms with van der Waals surface area (Å²) in [4.78, 5) is 32.2. The van der Waals surface area contributed by atoms with Gasteiger partial charge >= 0.3 is 6.03 Å². The minimum atomic E-state index is -3.77. The number of sulfonamides is 1. The first kappa shape index (κ1) is 22.6. The summed E-state index contributed by atoms with van der Waals surface area (Å²) in [5.41, 5.74) is 1.15. The summed E-state index contributed by atoms with van der Waals surface area (Å²) < 4.78 is 32.3. The van der Waals surface area contributed by atoms with E-state index in [4.69, 9.17) is 4.74 Å². The molecule has 1 fully saturated rings. The number of urea groups is 1. The summed E-state index contributed by atoms with van der Waals surface area (Å²) in [6, 6.07) is 12.6. The van der Waals surface area contributed by atoms with Crippen molar-refractivity contribution in [1.82, 2.24) is 9.88 Å². The number of benzene rings is 2. The number of carbonyl (C=O) groups excluding carboxylic acids is 2. The molecule has 0 unspecified atom stereocenters. The van der Waals surface area contributed by atoms with E-state index in [1.807, 2.05) is 0 Å². The Bertz CT molecular complexity index is 1230. The molecule has 3 aromatic rings. The summed E-state index contributed by atoms with van der Waals surface area (Å²) in [5.74, 6) is 0.316. The first-order valence-corrected chi connectivity index (χ1v) is 12.2. The standard InChI is InChI=1S/C21H21N5O5S2/c1-31-17-6-4-16(5-7-17)26-12-11-25(21(26)28)14-19(27)23-15-2-8-18(9-3-15)33(29,30)24-20-22-10-13-32-20/h2-10,13H,11-12,14H2,1H3,(H,22,24)(H,23,27). The SMILES string of the molecule is COc1ccc(N2CCN(CC(=O)Nc3ccc(S(=O)(=O)Nc4nccs4)cc3)C2=O)cc1. The van der Waals surface area contributed by atoms with Crippen molar-refractivity contribution >= 4 is 49.8 Å². The Morgan fingerprint density at radius 1 is 1.12 bits per heavy atom. The number of rotatable bonds is 8. The molecule has 33 heavy (non-hydrogen) atoms. The Hall–Kier alpha value is -3.64. The molecule has 10 nitrogen and oxygen atoms in total. The molecule has 1 aromatic heterocycles. The fraction of sp³-hybridized carbons (Fsp3) is 0.190. The predicted octanol–water partition coefficient (Wildman–Crippen LogP) is 2.83. The van der Waals surface area contributed by atoms with E-state index in [-0.39, 0.29) is 28.5 Å². The van der Waals surface area contributed by atoms with E-state index < -0.39 is 10.0 Å². The lowest BCUT2D eigenvalue weighted by atomic mass is 10.3. The molecular formula is C21H21N5O5S2. The van der Waals surface area contributed by atoms with Crippen molar-refractivity contribution in [3.05, 3.63) is 60.1 Å². The molecule has 3 amide bonds. The Morgan fingerprint density at radius 2 is 1.85 bits per heavy atom. The van der Waals surface area contributed by atoms with E-state index in [0.29, 0.717) is 24.5 Å². The second kappa shape index (κ2) is 9.46. The van der Waals surface area contributed by atoms with E-state index in [9.17, 15) is 18.0 Å². The zero-order valence-corrected chi connectivity index (χ0v) is 19.2. The van der Waals surface area contributed by atoms with E-state index in [1.54, 1.807) is 41.7 Å². The van der Waals surface area contributed by atoms with Crippen molar-refractivity contribution in [3.63, 3.8) is 0 Å². The first-order valence-electron chi connectivity index (χ1n) is 9.88. The van der Waals surface area contributed by atoms with E-state index in [2.05, 4.69) is 15.0 Å². The second-order valence-corrected chi connectivity index (χ2v) is 9.65. The number of methoxy groups -OCH3 is 1. The van der Waals surface area contributed by atoms with Gasteiger partial charge in [-0.2, -0.15) is 0 Å². The van der Waals surface area contributed by atoms with Crippen molar-refractivity contribution in [2.45, 2.75) is 4.90 Å². The predicted molar refractivity (Wildman–Crippen MR) is 125 cm³/mol. The molecule has 0 spiro atoms. The quantitative estimate of drug-likeness (QED) is 0.504. The Balaban J connectivity index is 1.33. The number of thiazole rings is 1. The highest BCUT2D eigenvalue weighted by Gasteiger charge is 2.30. The number of hydrogen-bond acceptors (Lipinski definition) is 7. The molecule has 0 radical (unpaired) electrons. The Morgan fingerprint density at radius 3 is 2.48 bits per heavy atom. The summed E-state index contributed by atoms with van der Waals surface area (Å²) in [6.45, 7) is 0.770. The van der Waals surface area contributed by atoms with Crippen LogP contribution in [0.25, 0.3) is 0 Å². The molecule has 0 aliphatic carbocycles. The maximum atomic E-state index is 12.7. The highest BCUT2D eigenvalue weighted by Crippen LogP contribution is 2.23. The smallest absolute Gasteiger partial charge is 0.325 e. The average Bonchev–Trinajstić information content (AvgIpc) is 3.44. The minimum Gasteiger partial charge on any atom is -0.497 e. The van der Waals surface area contributed by atoms with Gasteiger partial charge in [0.2, 0.25) is 5.91 Å². The highest BCUT2D eigenvalue weighted by molar-refractivity contribution is 7.93. The molecule has 2 aromatic carbocycles. The van der Waals surface area contributed by atoms with E-state index in [1.165, 1.54) is 46.7 Å². The van der Waals surface area contributed by atoms with Gasteiger partial charge < -0.3 is 15.0 Å². The average molecular weight is 488 g/mol. The van der Waals surface area contributed by atoms with E-state index >= 15 is 0 Å². The third-order valence-corrected chi connectivity index (χ3v) is 7.09. The maximum absolute atomic E-state index is 12.7. The summed E-state index contributed by atoms with van der Waals surface area (Å²) in [6.07, 6.45) is 1.50. The van der Waals surface area contributed by atoms with Crippen LogP contribution in [0.3, 0.4) is 0 Å². The van der Waals surface area contributed by atoms with Crippen LogP contribution in [-0.4, -0.2) is 57.0 Å². The molecule has 12 heteroatoms. The third kappa shape index (κ3) is 5.23. The second-order valence-electron chi connectivity index (χ2n) is 7.07. The molecule has 172 valence electrons. The number of aromatic nitrogens is 1. The fourth-order valence-corrected chi connectivity index (χ4v) is 5.06. The molecule has 0 atom stereocenters. The van der Waals surface area contributed by atoms with Crippen LogP contribution >= 0.6 is 11.3 Å². The zero-order chi connectivity index (χ0) is 23.4. The van der Waals surface area contributed by atoms with Gasteiger partial charge in [0.25, 0.3) is 10.0 Å². The van der Waals surface area contributed by atoms with Crippen LogP contribution in [0.4, 0.5) is 21.3 Å². The molecular weight excluding hydrogens is 466 g/mol. The van der Waals surface area contributed by atoms with Gasteiger partial charge in [0.15, 0.2) is 5.13 Å². The van der Waals surface area contributed by atoms with Gasteiger partial charge in [-0.15, -0.1) is 11.3 Å². The molecule has 2 N–H and O–H groups in total. The highest BCUT2D eigenvalue weighted by atomic mass is 32.2. The molecule has 2 heterocycles. The van der Waals surface area contributed by atoms with Crippen molar-refractivity contribution in [2.75, 3.05) is 41.7 Å². The zero-order valence-electron chi connectivity index (χ0n) is 17.6. The summed E-state index contributed by atoms with van der Waals surface area (Å²) in [5, 5.41) is 4.62. The van der Waals surface area contributed by atoms with Gasteiger partial charge in [-0.05, 0) is 48.5 Å².